The zero-order valence-corrected chi connectivity index (χ0v) is 14.5. The Morgan fingerprint density at radius 3 is 2.23 bits per heavy atom. The molecular formula is C21H34O. The minimum absolute atomic E-state index is 0.462. The molecule has 1 aliphatic heterocycles. The van der Waals surface area contributed by atoms with Crippen molar-refractivity contribution < 1.29 is 4.74 Å². The molecule has 0 aromatic heterocycles. The van der Waals surface area contributed by atoms with Crippen LogP contribution in [0.2, 0.25) is 0 Å². The van der Waals surface area contributed by atoms with E-state index in [1.54, 1.807) is 0 Å². The summed E-state index contributed by atoms with van der Waals surface area (Å²) in [4.78, 5) is 0. The fraction of sp³-hybridized carbons (Fsp3) is 0.714. The molecule has 0 radical (unpaired) electrons. The molecule has 0 bridgehead atoms. The zero-order valence-electron chi connectivity index (χ0n) is 14.5. The van der Waals surface area contributed by atoms with Gasteiger partial charge in [0.15, 0.2) is 0 Å². The molecule has 2 rings (SSSR count). The first-order valence-electron chi connectivity index (χ1n) is 9.64. The average molecular weight is 303 g/mol. The van der Waals surface area contributed by atoms with Crippen molar-refractivity contribution in [1.82, 2.24) is 0 Å². The van der Waals surface area contributed by atoms with Crippen molar-refractivity contribution >= 4 is 0 Å². The minimum Gasteiger partial charge on any atom is -0.490 e. The van der Waals surface area contributed by atoms with E-state index in [0.29, 0.717) is 6.10 Å². The molecule has 0 aliphatic carbocycles. The first kappa shape index (κ1) is 17.4. The van der Waals surface area contributed by atoms with E-state index in [9.17, 15) is 0 Å². The Hall–Kier alpha value is -0.980. The van der Waals surface area contributed by atoms with Crippen molar-refractivity contribution in [3.05, 3.63) is 29.8 Å². The molecule has 1 aromatic carbocycles. The highest BCUT2D eigenvalue weighted by atomic mass is 16.5. The molecule has 1 aliphatic rings. The SMILES string of the molecule is CCCCCCCCCCCCC1CCc2ccccc2O1. The van der Waals surface area contributed by atoms with E-state index in [4.69, 9.17) is 4.74 Å². The minimum atomic E-state index is 0.462. The summed E-state index contributed by atoms with van der Waals surface area (Å²) in [6.45, 7) is 2.29. The van der Waals surface area contributed by atoms with Crippen LogP contribution in [-0.4, -0.2) is 6.10 Å². The van der Waals surface area contributed by atoms with Gasteiger partial charge in [-0.3, -0.25) is 0 Å². The van der Waals surface area contributed by atoms with E-state index >= 15 is 0 Å². The fourth-order valence-corrected chi connectivity index (χ4v) is 3.44. The Kier molecular flexibility index (Phi) is 8.45. The predicted molar refractivity (Wildman–Crippen MR) is 95.6 cm³/mol. The van der Waals surface area contributed by atoms with E-state index in [1.165, 1.54) is 89.0 Å². The van der Waals surface area contributed by atoms with Gasteiger partial charge in [0.05, 0.1) is 6.10 Å². The van der Waals surface area contributed by atoms with Crippen molar-refractivity contribution in [3.63, 3.8) is 0 Å². The molecule has 0 saturated carbocycles. The van der Waals surface area contributed by atoms with Gasteiger partial charge in [0.25, 0.3) is 0 Å². The number of unbranched alkanes of at least 4 members (excludes halogenated alkanes) is 9. The van der Waals surface area contributed by atoms with Crippen LogP contribution in [0.3, 0.4) is 0 Å². The standard InChI is InChI=1S/C21H34O/c1-2-3-4-5-6-7-8-9-10-11-15-20-18-17-19-14-12-13-16-21(19)22-20/h12-14,16,20H,2-11,15,17-18H2,1H3. The Morgan fingerprint density at radius 2 is 1.50 bits per heavy atom. The van der Waals surface area contributed by atoms with Crippen LogP contribution in [0.4, 0.5) is 0 Å². The van der Waals surface area contributed by atoms with Gasteiger partial charge in [-0.15, -0.1) is 0 Å². The van der Waals surface area contributed by atoms with Gasteiger partial charge >= 0.3 is 0 Å². The molecular weight excluding hydrogens is 268 g/mol. The molecule has 1 unspecified atom stereocenters. The molecule has 0 saturated heterocycles. The second-order valence-corrected chi connectivity index (χ2v) is 6.86. The van der Waals surface area contributed by atoms with E-state index < -0.39 is 0 Å². The molecule has 1 heteroatoms. The van der Waals surface area contributed by atoms with Crippen molar-refractivity contribution in [2.45, 2.75) is 96.5 Å². The van der Waals surface area contributed by atoms with Crippen LogP contribution in [0.1, 0.15) is 89.5 Å². The first-order chi connectivity index (χ1) is 10.9. The summed E-state index contributed by atoms with van der Waals surface area (Å²) in [5, 5.41) is 0. The van der Waals surface area contributed by atoms with E-state index in [0.717, 1.165) is 5.75 Å². The predicted octanol–water partition coefficient (Wildman–Crippen LogP) is 6.69. The molecule has 22 heavy (non-hydrogen) atoms. The number of hydrogen-bond acceptors (Lipinski definition) is 1. The topological polar surface area (TPSA) is 9.23 Å². The van der Waals surface area contributed by atoms with Gasteiger partial charge < -0.3 is 4.74 Å². The largest absolute Gasteiger partial charge is 0.490 e. The Bertz CT molecular complexity index is 399. The summed E-state index contributed by atoms with van der Waals surface area (Å²) in [6, 6.07) is 8.53. The summed E-state index contributed by atoms with van der Waals surface area (Å²) >= 11 is 0. The number of aryl methyl sites for hydroxylation is 1. The highest BCUT2D eigenvalue weighted by molar-refractivity contribution is 5.35. The lowest BCUT2D eigenvalue weighted by Crippen LogP contribution is -2.22. The molecule has 1 nitrogen and oxygen atoms in total. The Labute approximate surface area is 137 Å². The van der Waals surface area contributed by atoms with Crippen LogP contribution in [0.25, 0.3) is 0 Å². The molecule has 0 amide bonds. The summed E-state index contributed by atoms with van der Waals surface area (Å²) in [6.07, 6.45) is 18.2. The maximum Gasteiger partial charge on any atom is 0.122 e. The zero-order chi connectivity index (χ0) is 15.5. The van der Waals surface area contributed by atoms with Crippen molar-refractivity contribution in [3.8, 4) is 5.75 Å². The number of ether oxygens (including phenoxy) is 1. The van der Waals surface area contributed by atoms with E-state index in [2.05, 4.69) is 31.2 Å². The molecule has 0 fully saturated rings. The summed E-state index contributed by atoms with van der Waals surface area (Å²) in [5.41, 5.74) is 1.39. The highest BCUT2D eigenvalue weighted by Crippen LogP contribution is 2.29. The van der Waals surface area contributed by atoms with Gasteiger partial charge in [0, 0.05) is 0 Å². The Morgan fingerprint density at radius 1 is 0.864 bits per heavy atom. The quantitative estimate of drug-likeness (QED) is 0.414. The third kappa shape index (κ3) is 6.42. The lowest BCUT2D eigenvalue weighted by Gasteiger charge is -2.26. The molecule has 0 N–H and O–H groups in total. The van der Waals surface area contributed by atoms with Crippen molar-refractivity contribution in [1.29, 1.82) is 0 Å². The number of fused-ring (bicyclic) bond motifs is 1. The highest BCUT2D eigenvalue weighted by Gasteiger charge is 2.18. The monoisotopic (exact) mass is 302 g/mol. The third-order valence-corrected chi connectivity index (χ3v) is 4.88. The third-order valence-electron chi connectivity index (χ3n) is 4.88. The van der Waals surface area contributed by atoms with Gasteiger partial charge in [-0.25, -0.2) is 0 Å². The van der Waals surface area contributed by atoms with Crippen LogP contribution < -0.4 is 4.74 Å². The second kappa shape index (κ2) is 10.7. The Balaban J connectivity index is 1.45. The smallest absolute Gasteiger partial charge is 0.122 e. The average Bonchev–Trinajstić information content (AvgIpc) is 2.56. The maximum absolute atomic E-state index is 6.11. The molecule has 1 aromatic rings. The number of rotatable bonds is 11. The van der Waals surface area contributed by atoms with E-state index in [-0.39, 0.29) is 0 Å². The van der Waals surface area contributed by atoms with Gasteiger partial charge in [0.2, 0.25) is 0 Å². The van der Waals surface area contributed by atoms with E-state index in [1.807, 2.05) is 0 Å². The van der Waals surface area contributed by atoms with Gasteiger partial charge in [-0.05, 0) is 37.3 Å². The lowest BCUT2D eigenvalue weighted by molar-refractivity contribution is 0.160. The molecule has 1 heterocycles. The second-order valence-electron chi connectivity index (χ2n) is 6.86. The fourth-order valence-electron chi connectivity index (χ4n) is 3.44. The van der Waals surface area contributed by atoms with Crippen LogP contribution in [0.15, 0.2) is 24.3 Å². The number of benzene rings is 1. The van der Waals surface area contributed by atoms with Gasteiger partial charge in [-0.2, -0.15) is 0 Å². The summed E-state index contributed by atoms with van der Waals surface area (Å²) in [7, 11) is 0. The maximum atomic E-state index is 6.11. The van der Waals surface area contributed by atoms with Gasteiger partial charge in [-0.1, -0.05) is 82.9 Å². The number of hydrogen-bond donors (Lipinski definition) is 0. The van der Waals surface area contributed by atoms with Crippen LogP contribution in [0, 0.1) is 0 Å². The summed E-state index contributed by atoms with van der Waals surface area (Å²) in [5.74, 6) is 1.13. The lowest BCUT2D eigenvalue weighted by atomic mass is 9.98. The summed E-state index contributed by atoms with van der Waals surface area (Å²) < 4.78 is 6.11. The molecule has 0 spiro atoms. The number of para-hydroxylation sites is 1. The molecule has 1 atom stereocenters. The van der Waals surface area contributed by atoms with Crippen LogP contribution in [0.5, 0.6) is 5.75 Å². The van der Waals surface area contributed by atoms with Crippen LogP contribution in [-0.2, 0) is 6.42 Å². The van der Waals surface area contributed by atoms with Crippen molar-refractivity contribution in [2.24, 2.45) is 0 Å². The van der Waals surface area contributed by atoms with Crippen molar-refractivity contribution in [2.75, 3.05) is 0 Å². The molecule has 124 valence electrons. The first-order valence-corrected chi connectivity index (χ1v) is 9.64. The normalized spacial score (nSPS) is 17.0. The van der Waals surface area contributed by atoms with Gasteiger partial charge in [0.1, 0.15) is 5.75 Å². The van der Waals surface area contributed by atoms with Crippen LogP contribution >= 0.6 is 0 Å².